The fraction of sp³-hybridized carbons (Fsp3) is 0.438. The first-order chi connectivity index (χ1) is 10.9. The maximum absolute atomic E-state index is 11.7. The summed E-state index contributed by atoms with van der Waals surface area (Å²) in [6, 6.07) is 1.59. The van der Waals surface area contributed by atoms with Gasteiger partial charge in [0.2, 0.25) is 0 Å². The standard InChI is InChI=1S/C16H19N3O3S/c1-16(2)5-3-11-9(7-16)12(15(21)22)14(23-11)19-13(20)10-4-6-17-8-18-10/h4,6,8,13,19-20H,3,5,7H2,1-2H3,(H,21,22). The molecule has 7 heteroatoms. The highest BCUT2D eigenvalue weighted by Crippen LogP contribution is 2.44. The number of carbonyl (C=O) groups is 1. The Hall–Kier alpha value is -1.99. The molecule has 122 valence electrons. The van der Waals surface area contributed by atoms with Gasteiger partial charge in [-0.3, -0.25) is 0 Å². The lowest BCUT2D eigenvalue weighted by molar-refractivity contribution is 0.0696. The molecule has 0 saturated heterocycles. The second-order valence-corrected chi connectivity index (χ2v) is 7.64. The fourth-order valence-electron chi connectivity index (χ4n) is 2.91. The number of thiophene rings is 1. The number of aliphatic hydroxyl groups excluding tert-OH is 1. The highest BCUT2D eigenvalue weighted by molar-refractivity contribution is 7.16. The Morgan fingerprint density at radius 3 is 2.91 bits per heavy atom. The molecule has 2 aromatic rings. The largest absolute Gasteiger partial charge is 0.478 e. The molecule has 1 aliphatic carbocycles. The third kappa shape index (κ3) is 3.20. The molecule has 0 radical (unpaired) electrons. The van der Waals surface area contributed by atoms with E-state index < -0.39 is 12.2 Å². The number of nitrogens with one attached hydrogen (secondary N) is 1. The van der Waals surface area contributed by atoms with E-state index in [4.69, 9.17) is 0 Å². The number of carboxylic acids is 1. The Kier molecular flexibility index (Phi) is 4.08. The molecule has 0 saturated carbocycles. The van der Waals surface area contributed by atoms with Crippen molar-refractivity contribution in [3.63, 3.8) is 0 Å². The molecule has 0 aromatic carbocycles. The van der Waals surface area contributed by atoms with Gasteiger partial charge in [-0.05, 0) is 36.3 Å². The molecule has 2 heterocycles. The predicted octanol–water partition coefficient (Wildman–Crippen LogP) is 2.85. The van der Waals surface area contributed by atoms with Crippen molar-refractivity contribution in [2.24, 2.45) is 5.41 Å². The Bertz CT molecular complexity index is 728. The first-order valence-corrected chi connectivity index (χ1v) is 8.27. The number of aliphatic hydroxyl groups is 1. The van der Waals surface area contributed by atoms with Crippen LogP contribution in [0.4, 0.5) is 5.00 Å². The summed E-state index contributed by atoms with van der Waals surface area (Å²) in [6.07, 6.45) is 4.47. The predicted molar refractivity (Wildman–Crippen MR) is 87.7 cm³/mol. The van der Waals surface area contributed by atoms with Gasteiger partial charge in [-0.1, -0.05) is 13.8 Å². The van der Waals surface area contributed by atoms with Gasteiger partial charge >= 0.3 is 5.97 Å². The molecule has 1 unspecified atom stereocenters. The topological polar surface area (TPSA) is 95.3 Å². The normalized spacial score (nSPS) is 17.3. The van der Waals surface area contributed by atoms with E-state index in [0.29, 0.717) is 10.7 Å². The second-order valence-electron chi connectivity index (χ2n) is 6.54. The van der Waals surface area contributed by atoms with Gasteiger partial charge in [0, 0.05) is 11.1 Å². The van der Waals surface area contributed by atoms with E-state index in [1.807, 2.05) is 0 Å². The van der Waals surface area contributed by atoms with Gasteiger partial charge in [-0.25, -0.2) is 14.8 Å². The van der Waals surface area contributed by atoms with E-state index in [0.717, 1.165) is 29.7 Å². The van der Waals surface area contributed by atoms with Gasteiger partial charge in [-0.2, -0.15) is 0 Å². The summed E-state index contributed by atoms with van der Waals surface area (Å²) < 4.78 is 0. The third-order valence-corrected chi connectivity index (χ3v) is 5.36. The Balaban J connectivity index is 1.94. The van der Waals surface area contributed by atoms with Crippen LogP contribution in [-0.4, -0.2) is 26.2 Å². The molecule has 23 heavy (non-hydrogen) atoms. The Labute approximate surface area is 138 Å². The quantitative estimate of drug-likeness (QED) is 0.745. The molecule has 0 spiro atoms. The summed E-state index contributed by atoms with van der Waals surface area (Å²) in [6.45, 7) is 4.31. The molecule has 0 aliphatic heterocycles. The van der Waals surface area contributed by atoms with Crippen LogP contribution in [0.15, 0.2) is 18.6 Å². The first-order valence-electron chi connectivity index (χ1n) is 7.46. The molecule has 0 amide bonds. The summed E-state index contributed by atoms with van der Waals surface area (Å²) >= 11 is 1.42. The van der Waals surface area contributed by atoms with Crippen LogP contribution in [0, 0.1) is 5.41 Å². The molecule has 1 aliphatic rings. The molecule has 2 aromatic heterocycles. The molecule has 3 rings (SSSR count). The van der Waals surface area contributed by atoms with Crippen LogP contribution in [0.2, 0.25) is 0 Å². The fourth-order valence-corrected chi connectivity index (χ4v) is 4.14. The van der Waals surface area contributed by atoms with Crippen LogP contribution in [0.1, 0.15) is 53.0 Å². The van der Waals surface area contributed by atoms with Crippen LogP contribution in [0.25, 0.3) is 0 Å². The number of hydrogen-bond acceptors (Lipinski definition) is 6. The smallest absolute Gasteiger partial charge is 0.338 e. The SMILES string of the molecule is CC1(C)CCc2sc(NC(O)c3ccncn3)c(C(=O)O)c2C1. The first kappa shape index (κ1) is 15.9. The van der Waals surface area contributed by atoms with Crippen molar-refractivity contribution >= 4 is 22.3 Å². The van der Waals surface area contributed by atoms with Gasteiger partial charge in [0.1, 0.15) is 11.3 Å². The van der Waals surface area contributed by atoms with Crippen LogP contribution in [-0.2, 0) is 12.8 Å². The molecular formula is C16H19N3O3S. The number of carboxylic acid groups (broad SMARTS) is 1. The maximum Gasteiger partial charge on any atom is 0.338 e. The number of hydrogen-bond donors (Lipinski definition) is 3. The average molecular weight is 333 g/mol. The molecule has 6 nitrogen and oxygen atoms in total. The summed E-state index contributed by atoms with van der Waals surface area (Å²) in [7, 11) is 0. The summed E-state index contributed by atoms with van der Waals surface area (Å²) in [5.74, 6) is -0.961. The van der Waals surface area contributed by atoms with Crippen molar-refractivity contribution in [3.8, 4) is 0 Å². The molecule has 0 fully saturated rings. The van der Waals surface area contributed by atoms with Crippen LogP contribution in [0.3, 0.4) is 0 Å². The number of anilines is 1. The Morgan fingerprint density at radius 2 is 2.26 bits per heavy atom. The second kappa shape index (κ2) is 5.90. The number of aromatic carboxylic acids is 1. The monoisotopic (exact) mass is 333 g/mol. The van der Waals surface area contributed by atoms with Crippen molar-refractivity contribution in [2.45, 2.75) is 39.3 Å². The molecule has 3 N–H and O–H groups in total. The minimum absolute atomic E-state index is 0.0980. The zero-order valence-corrected chi connectivity index (χ0v) is 13.9. The Morgan fingerprint density at radius 1 is 1.48 bits per heavy atom. The van der Waals surface area contributed by atoms with Gasteiger partial charge in [0.15, 0.2) is 6.23 Å². The third-order valence-electron chi connectivity index (χ3n) is 4.14. The van der Waals surface area contributed by atoms with Crippen molar-refractivity contribution in [3.05, 3.63) is 40.3 Å². The van der Waals surface area contributed by atoms with Gasteiger partial charge in [-0.15, -0.1) is 11.3 Å². The number of nitrogens with zero attached hydrogens (tertiary/aromatic N) is 2. The van der Waals surface area contributed by atoms with Crippen LogP contribution >= 0.6 is 11.3 Å². The number of rotatable bonds is 4. The molecule has 0 bridgehead atoms. The summed E-state index contributed by atoms with van der Waals surface area (Å²) in [5, 5.41) is 23.3. The lowest BCUT2D eigenvalue weighted by atomic mass is 9.76. The van der Waals surface area contributed by atoms with E-state index in [-0.39, 0.29) is 11.0 Å². The van der Waals surface area contributed by atoms with Crippen molar-refractivity contribution in [1.29, 1.82) is 0 Å². The summed E-state index contributed by atoms with van der Waals surface area (Å²) in [4.78, 5) is 20.6. The minimum atomic E-state index is -1.07. The van der Waals surface area contributed by atoms with E-state index >= 15 is 0 Å². The maximum atomic E-state index is 11.7. The van der Waals surface area contributed by atoms with E-state index in [1.165, 1.54) is 23.9 Å². The molecule has 1 atom stereocenters. The van der Waals surface area contributed by atoms with Gasteiger partial charge in [0.25, 0.3) is 0 Å². The number of aryl methyl sites for hydroxylation is 1. The summed E-state index contributed by atoms with van der Waals surface area (Å²) in [5.41, 5.74) is 1.69. The van der Waals surface area contributed by atoms with Crippen molar-refractivity contribution < 1.29 is 15.0 Å². The average Bonchev–Trinajstić information content (AvgIpc) is 2.84. The highest BCUT2D eigenvalue weighted by atomic mass is 32.1. The van der Waals surface area contributed by atoms with Gasteiger partial charge < -0.3 is 15.5 Å². The zero-order valence-electron chi connectivity index (χ0n) is 13.0. The lowest BCUT2D eigenvalue weighted by Crippen LogP contribution is -2.22. The van der Waals surface area contributed by atoms with Crippen molar-refractivity contribution in [1.82, 2.24) is 9.97 Å². The van der Waals surface area contributed by atoms with Crippen LogP contribution < -0.4 is 5.32 Å². The molecular weight excluding hydrogens is 314 g/mol. The van der Waals surface area contributed by atoms with E-state index in [1.54, 1.807) is 6.07 Å². The highest BCUT2D eigenvalue weighted by Gasteiger charge is 2.33. The van der Waals surface area contributed by atoms with Gasteiger partial charge in [0.05, 0.1) is 11.3 Å². The van der Waals surface area contributed by atoms with Crippen molar-refractivity contribution in [2.75, 3.05) is 5.32 Å². The van der Waals surface area contributed by atoms with E-state index in [2.05, 4.69) is 29.1 Å². The van der Waals surface area contributed by atoms with E-state index in [9.17, 15) is 15.0 Å². The zero-order chi connectivity index (χ0) is 16.6. The lowest BCUT2D eigenvalue weighted by Gasteiger charge is -2.29. The number of aromatic nitrogens is 2. The minimum Gasteiger partial charge on any atom is -0.478 e. The number of fused-ring (bicyclic) bond motifs is 1. The van der Waals surface area contributed by atoms with Crippen LogP contribution in [0.5, 0.6) is 0 Å².